The predicted molar refractivity (Wildman–Crippen MR) is 99.4 cm³/mol. The number of rotatable bonds is 6. The third-order valence-corrected chi connectivity index (χ3v) is 6.20. The Morgan fingerprint density at radius 2 is 1.92 bits per heavy atom. The molecule has 1 fully saturated rings. The summed E-state index contributed by atoms with van der Waals surface area (Å²) >= 11 is 0. The first-order valence-electron chi connectivity index (χ1n) is 9.70. The Hall–Kier alpha value is -1.68. The van der Waals surface area contributed by atoms with E-state index in [1.165, 1.54) is 5.56 Å². The molecule has 0 aromatic heterocycles. The van der Waals surface area contributed by atoms with Crippen LogP contribution in [0.3, 0.4) is 0 Å². The van der Waals surface area contributed by atoms with Crippen LogP contribution in [0, 0.1) is 0 Å². The van der Waals surface area contributed by atoms with Crippen LogP contribution in [-0.4, -0.2) is 47.3 Å². The highest BCUT2D eigenvalue weighted by Crippen LogP contribution is 2.45. The largest absolute Gasteiger partial charge is 0.301 e. The molecule has 1 aromatic carbocycles. The first-order chi connectivity index (χ1) is 12.0. The van der Waals surface area contributed by atoms with Gasteiger partial charge in [0.25, 0.3) is 0 Å². The molecule has 3 rings (SSSR count). The van der Waals surface area contributed by atoms with Crippen molar-refractivity contribution in [3.63, 3.8) is 0 Å². The quantitative estimate of drug-likeness (QED) is 0.746. The van der Waals surface area contributed by atoms with Crippen molar-refractivity contribution in [2.24, 2.45) is 0 Å². The van der Waals surface area contributed by atoms with E-state index in [0.717, 1.165) is 44.3 Å². The molecule has 0 N–H and O–H groups in total. The minimum atomic E-state index is -0.593. The third kappa shape index (κ3) is 3.12. The molecule has 2 aliphatic rings. The van der Waals surface area contributed by atoms with Gasteiger partial charge in [0.05, 0.1) is 5.41 Å². The summed E-state index contributed by atoms with van der Waals surface area (Å²) in [5.74, 6) is 0.0462. The Morgan fingerprint density at radius 3 is 2.64 bits per heavy atom. The maximum Gasteiger partial charge on any atom is 0.240 e. The monoisotopic (exact) mass is 342 g/mol. The van der Waals surface area contributed by atoms with Gasteiger partial charge in [0.1, 0.15) is 0 Å². The molecule has 1 aromatic rings. The molecular weight excluding hydrogens is 312 g/mol. The number of nitrogens with zero attached hydrogens (tertiary/aromatic N) is 2. The van der Waals surface area contributed by atoms with Crippen LogP contribution in [0.4, 0.5) is 0 Å². The number of amides is 2. The fourth-order valence-corrected chi connectivity index (χ4v) is 4.70. The van der Waals surface area contributed by atoms with Crippen LogP contribution in [-0.2, 0) is 21.4 Å². The molecule has 0 saturated carbocycles. The molecule has 2 unspecified atom stereocenters. The number of aryl methyl sites for hydroxylation is 1. The number of fused-ring (bicyclic) bond motifs is 2. The molecule has 1 aliphatic carbocycles. The van der Waals surface area contributed by atoms with E-state index in [4.69, 9.17) is 0 Å². The number of imide groups is 1. The van der Waals surface area contributed by atoms with Gasteiger partial charge in [-0.25, -0.2) is 0 Å². The van der Waals surface area contributed by atoms with Crippen molar-refractivity contribution in [3.05, 3.63) is 35.4 Å². The fourth-order valence-electron chi connectivity index (χ4n) is 4.70. The average Bonchev–Trinajstić information content (AvgIpc) is 2.85. The minimum absolute atomic E-state index is 0.00782. The first-order valence-corrected chi connectivity index (χ1v) is 9.70. The van der Waals surface area contributed by atoms with Crippen LogP contribution in [0.2, 0.25) is 0 Å². The highest BCUT2D eigenvalue weighted by atomic mass is 16.2. The van der Waals surface area contributed by atoms with Gasteiger partial charge >= 0.3 is 0 Å². The minimum Gasteiger partial charge on any atom is -0.301 e. The van der Waals surface area contributed by atoms with E-state index < -0.39 is 5.41 Å². The number of hydrogen-bond acceptors (Lipinski definition) is 3. The van der Waals surface area contributed by atoms with Gasteiger partial charge < -0.3 is 4.90 Å². The van der Waals surface area contributed by atoms with E-state index in [1.807, 2.05) is 12.1 Å². The summed E-state index contributed by atoms with van der Waals surface area (Å²) in [6, 6.07) is 8.57. The lowest BCUT2D eigenvalue weighted by Crippen LogP contribution is -2.42. The zero-order chi connectivity index (χ0) is 18.0. The van der Waals surface area contributed by atoms with Gasteiger partial charge in [-0.3, -0.25) is 14.5 Å². The summed E-state index contributed by atoms with van der Waals surface area (Å²) in [6.07, 6.45) is 3.99. The maximum absolute atomic E-state index is 13.3. The number of likely N-dealkylation sites (tertiary alicyclic amines) is 1. The maximum atomic E-state index is 13.3. The number of carbonyl (C=O) groups is 2. The fraction of sp³-hybridized carbons (Fsp3) is 0.619. The van der Waals surface area contributed by atoms with Gasteiger partial charge in [0.15, 0.2) is 0 Å². The van der Waals surface area contributed by atoms with Crippen molar-refractivity contribution < 1.29 is 9.59 Å². The molecule has 1 saturated heterocycles. The van der Waals surface area contributed by atoms with Crippen molar-refractivity contribution in [1.29, 1.82) is 0 Å². The lowest BCUT2D eigenvalue weighted by molar-refractivity contribution is -0.140. The highest BCUT2D eigenvalue weighted by Gasteiger charge is 2.53. The van der Waals surface area contributed by atoms with Gasteiger partial charge in [0.2, 0.25) is 11.8 Å². The van der Waals surface area contributed by atoms with Crippen molar-refractivity contribution in [2.75, 3.05) is 19.6 Å². The third-order valence-electron chi connectivity index (χ3n) is 6.20. The van der Waals surface area contributed by atoms with E-state index in [1.54, 1.807) is 4.90 Å². The van der Waals surface area contributed by atoms with Crippen molar-refractivity contribution in [3.8, 4) is 0 Å². The zero-order valence-electron chi connectivity index (χ0n) is 15.8. The summed E-state index contributed by atoms with van der Waals surface area (Å²) in [4.78, 5) is 29.9. The molecular formula is C21H30N2O2. The lowest BCUT2D eigenvalue weighted by Gasteiger charge is -2.33. The van der Waals surface area contributed by atoms with E-state index in [-0.39, 0.29) is 11.8 Å². The molecule has 0 bridgehead atoms. The normalized spacial score (nSPS) is 24.2. The van der Waals surface area contributed by atoms with Gasteiger partial charge in [-0.05, 0) is 56.8 Å². The van der Waals surface area contributed by atoms with Gasteiger partial charge in [0, 0.05) is 19.0 Å². The molecule has 4 heteroatoms. The van der Waals surface area contributed by atoms with Crippen LogP contribution < -0.4 is 0 Å². The molecule has 1 heterocycles. The van der Waals surface area contributed by atoms with Crippen LogP contribution in [0.15, 0.2) is 24.3 Å². The van der Waals surface area contributed by atoms with Gasteiger partial charge in [-0.2, -0.15) is 0 Å². The Morgan fingerprint density at radius 1 is 1.20 bits per heavy atom. The predicted octanol–water partition coefficient (Wildman–Crippen LogP) is 3.14. The summed E-state index contributed by atoms with van der Waals surface area (Å²) < 4.78 is 0. The number of hydrogen-bond donors (Lipinski definition) is 0. The first kappa shape index (κ1) is 18.1. The molecule has 2 amide bonds. The summed E-state index contributed by atoms with van der Waals surface area (Å²) in [7, 11) is 0. The van der Waals surface area contributed by atoms with Gasteiger partial charge in [-0.1, -0.05) is 38.1 Å². The van der Waals surface area contributed by atoms with E-state index in [0.29, 0.717) is 19.0 Å². The van der Waals surface area contributed by atoms with E-state index in [2.05, 4.69) is 37.8 Å². The van der Waals surface area contributed by atoms with Crippen molar-refractivity contribution in [2.45, 2.75) is 64.3 Å². The molecule has 25 heavy (non-hydrogen) atoms. The molecule has 1 aliphatic heterocycles. The van der Waals surface area contributed by atoms with Crippen molar-refractivity contribution in [1.82, 2.24) is 9.80 Å². The second kappa shape index (κ2) is 7.28. The van der Waals surface area contributed by atoms with Crippen LogP contribution in [0.1, 0.15) is 57.6 Å². The second-order valence-electron chi connectivity index (χ2n) is 7.48. The van der Waals surface area contributed by atoms with E-state index in [9.17, 15) is 9.59 Å². The molecule has 1 spiro atoms. The van der Waals surface area contributed by atoms with E-state index >= 15 is 0 Å². The smallest absolute Gasteiger partial charge is 0.240 e. The average molecular weight is 342 g/mol. The second-order valence-corrected chi connectivity index (χ2v) is 7.48. The molecule has 0 radical (unpaired) electrons. The Labute approximate surface area is 151 Å². The highest BCUT2D eigenvalue weighted by molar-refractivity contribution is 6.09. The van der Waals surface area contributed by atoms with Crippen molar-refractivity contribution >= 4 is 11.8 Å². The SMILES string of the molecule is CCN(CC)C(C)CCN1C(=O)CC2(CCCc3ccccc32)C1=O. The Balaban J connectivity index is 1.78. The summed E-state index contributed by atoms with van der Waals surface area (Å²) in [6.45, 7) is 9.02. The topological polar surface area (TPSA) is 40.6 Å². The Kier molecular flexibility index (Phi) is 5.28. The summed E-state index contributed by atoms with van der Waals surface area (Å²) in [5.41, 5.74) is 1.75. The molecule has 4 nitrogen and oxygen atoms in total. The van der Waals surface area contributed by atoms with Crippen LogP contribution in [0.5, 0.6) is 0 Å². The van der Waals surface area contributed by atoms with Gasteiger partial charge in [-0.15, -0.1) is 0 Å². The van der Waals surface area contributed by atoms with Crippen LogP contribution in [0.25, 0.3) is 0 Å². The number of benzene rings is 1. The zero-order valence-corrected chi connectivity index (χ0v) is 15.8. The standard InChI is InChI=1S/C21H30N2O2/c1-4-22(5-2)16(3)12-14-23-19(24)15-21(20(23)25)13-8-10-17-9-6-7-11-18(17)21/h6-7,9,11,16H,4-5,8,10,12-15H2,1-3H3. The Bertz CT molecular complexity index is 653. The molecule has 136 valence electrons. The van der Waals surface area contributed by atoms with Crippen LogP contribution >= 0.6 is 0 Å². The summed E-state index contributed by atoms with van der Waals surface area (Å²) in [5, 5.41) is 0. The molecule has 2 atom stereocenters. The lowest BCUT2D eigenvalue weighted by atomic mass is 9.69. The number of carbonyl (C=O) groups excluding carboxylic acids is 2.